The van der Waals surface area contributed by atoms with Gasteiger partial charge in [0.1, 0.15) is 0 Å². The Labute approximate surface area is 142 Å². The molecular formula is C17H24ClFN2O2. The lowest BCUT2D eigenvalue weighted by molar-refractivity contribution is -0.119. The van der Waals surface area contributed by atoms with Crippen LogP contribution in [0.1, 0.15) is 44.9 Å². The molecule has 0 aromatic heterocycles. The van der Waals surface area contributed by atoms with Crippen LogP contribution in [0.5, 0.6) is 5.75 Å². The molecule has 6 heteroatoms. The Kier molecular flexibility index (Phi) is 6.25. The van der Waals surface area contributed by atoms with E-state index < -0.39 is 5.82 Å². The van der Waals surface area contributed by atoms with Gasteiger partial charge < -0.3 is 15.8 Å². The van der Waals surface area contributed by atoms with Gasteiger partial charge in [0.2, 0.25) is 5.91 Å². The normalized spacial score (nSPS) is 24.3. The molecule has 1 aromatic carbocycles. The molecule has 0 aliphatic heterocycles. The van der Waals surface area contributed by atoms with Crippen molar-refractivity contribution in [2.24, 2.45) is 11.7 Å². The van der Waals surface area contributed by atoms with E-state index in [9.17, 15) is 9.18 Å². The number of nitrogens with one attached hydrogen (secondary N) is 1. The van der Waals surface area contributed by atoms with Gasteiger partial charge in [-0.25, -0.2) is 4.39 Å². The van der Waals surface area contributed by atoms with Gasteiger partial charge in [-0.15, -0.1) is 12.4 Å². The Morgan fingerprint density at radius 3 is 2.57 bits per heavy atom. The lowest BCUT2D eigenvalue weighted by atomic mass is 10.1. The van der Waals surface area contributed by atoms with Gasteiger partial charge in [0.15, 0.2) is 11.6 Å². The molecule has 3 N–H and O–H groups in total. The highest BCUT2D eigenvalue weighted by Crippen LogP contribution is 2.29. The van der Waals surface area contributed by atoms with Crippen molar-refractivity contribution in [2.45, 2.75) is 57.1 Å². The molecule has 1 aromatic rings. The van der Waals surface area contributed by atoms with Crippen LogP contribution in [0, 0.1) is 11.7 Å². The molecule has 0 saturated heterocycles. The molecule has 0 spiro atoms. The molecule has 3 rings (SSSR count). The molecule has 2 atom stereocenters. The van der Waals surface area contributed by atoms with Crippen LogP contribution in [0.3, 0.4) is 0 Å². The molecule has 2 fully saturated rings. The summed E-state index contributed by atoms with van der Waals surface area (Å²) in [4.78, 5) is 12.1. The van der Waals surface area contributed by atoms with Crippen molar-refractivity contribution < 1.29 is 13.9 Å². The maximum atomic E-state index is 14.1. The first kappa shape index (κ1) is 18.0. The topological polar surface area (TPSA) is 64.4 Å². The molecule has 0 heterocycles. The van der Waals surface area contributed by atoms with E-state index in [0.717, 1.165) is 38.5 Å². The van der Waals surface area contributed by atoms with E-state index in [1.807, 2.05) is 0 Å². The highest BCUT2D eigenvalue weighted by atomic mass is 35.5. The molecule has 0 bridgehead atoms. The second-order valence-electron chi connectivity index (χ2n) is 6.43. The van der Waals surface area contributed by atoms with E-state index in [1.165, 1.54) is 6.07 Å². The van der Waals surface area contributed by atoms with E-state index >= 15 is 0 Å². The molecular weight excluding hydrogens is 319 g/mol. The van der Waals surface area contributed by atoms with E-state index in [4.69, 9.17) is 10.5 Å². The summed E-state index contributed by atoms with van der Waals surface area (Å²) in [6.45, 7) is 0. The van der Waals surface area contributed by atoms with Gasteiger partial charge in [0.05, 0.1) is 6.10 Å². The Morgan fingerprint density at radius 2 is 1.96 bits per heavy atom. The minimum absolute atomic E-state index is 0. The molecule has 1 amide bonds. The SMILES string of the molecule is Cl.NC1CCC(C(=O)Nc2ccc(OC3CCCC3)c(F)c2)C1. The number of amides is 1. The van der Waals surface area contributed by atoms with Gasteiger partial charge in [-0.1, -0.05) is 0 Å². The number of carbonyl (C=O) groups excluding carboxylic acids is 1. The maximum absolute atomic E-state index is 14.1. The summed E-state index contributed by atoms with van der Waals surface area (Å²) in [6, 6.07) is 4.73. The zero-order valence-electron chi connectivity index (χ0n) is 13.1. The van der Waals surface area contributed by atoms with Gasteiger partial charge in [0.25, 0.3) is 0 Å². The lowest BCUT2D eigenvalue weighted by Gasteiger charge is -2.15. The summed E-state index contributed by atoms with van der Waals surface area (Å²) < 4.78 is 19.8. The molecule has 2 unspecified atom stereocenters. The van der Waals surface area contributed by atoms with Crippen LogP contribution >= 0.6 is 12.4 Å². The molecule has 2 aliphatic rings. The fourth-order valence-electron chi connectivity index (χ4n) is 3.36. The van der Waals surface area contributed by atoms with Crippen molar-refractivity contribution in [1.82, 2.24) is 0 Å². The number of nitrogens with two attached hydrogens (primary N) is 1. The Hall–Kier alpha value is -1.33. The van der Waals surface area contributed by atoms with Gasteiger partial charge >= 0.3 is 0 Å². The predicted molar refractivity (Wildman–Crippen MR) is 90.5 cm³/mol. The summed E-state index contributed by atoms with van der Waals surface area (Å²) in [5.41, 5.74) is 6.30. The van der Waals surface area contributed by atoms with Crippen LogP contribution in [-0.4, -0.2) is 18.1 Å². The number of hydrogen-bond acceptors (Lipinski definition) is 3. The molecule has 2 aliphatic carbocycles. The number of anilines is 1. The quantitative estimate of drug-likeness (QED) is 0.878. The number of rotatable bonds is 4. The van der Waals surface area contributed by atoms with Crippen molar-refractivity contribution in [1.29, 1.82) is 0 Å². The predicted octanol–water partition coefficient (Wildman–Crippen LogP) is 3.63. The summed E-state index contributed by atoms with van der Waals surface area (Å²) in [6.07, 6.45) is 6.76. The number of halogens is 2. The van der Waals surface area contributed by atoms with Crippen molar-refractivity contribution in [2.75, 3.05) is 5.32 Å². The minimum atomic E-state index is -0.423. The zero-order valence-corrected chi connectivity index (χ0v) is 13.9. The molecule has 0 radical (unpaired) electrons. The summed E-state index contributed by atoms with van der Waals surface area (Å²) in [7, 11) is 0. The highest BCUT2D eigenvalue weighted by molar-refractivity contribution is 5.92. The van der Waals surface area contributed by atoms with Gasteiger partial charge in [0, 0.05) is 23.7 Å². The third-order valence-electron chi connectivity index (χ3n) is 4.64. The second-order valence-corrected chi connectivity index (χ2v) is 6.43. The molecule has 128 valence electrons. The smallest absolute Gasteiger partial charge is 0.227 e. The van der Waals surface area contributed by atoms with Gasteiger partial charge in [-0.3, -0.25) is 4.79 Å². The molecule has 23 heavy (non-hydrogen) atoms. The molecule has 4 nitrogen and oxygen atoms in total. The van der Waals surface area contributed by atoms with Crippen molar-refractivity contribution in [3.8, 4) is 5.75 Å². The lowest BCUT2D eigenvalue weighted by Crippen LogP contribution is -2.23. The van der Waals surface area contributed by atoms with Crippen LogP contribution in [0.15, 0.2) is 18.2 Å². The maximum Gasteiger partial charge on any atom is 0.227 e. The fraction of sp³-hybridized carbons (Fsp3) is 0.588. The van der Waals surface area contributed by atoms with Crippen LogP contribution < -0.4 is 15.8 Å². The second kappa shape index (κ2) is 7.97. The van der Waals surface area contributed by atoms with Crippen LogP contribution in [0.25, 0.3) is 0 Å². The van der Waals surface area contributed by atoms with Crippen molar-refractivity contribution >= 4 is 24.0 Å². The van der Waals surface area contributed by atoms with Crippen molar-refractivity contribution in [3.63, 3.8) is 0 Å². The number of ether oxygens (including phenoxy) is 1. The number of carbonyl (C=O) groups is 1. The first-order valence-electron chi connectivity index (χ1n) is 8.14. The number of benzene rings is 1. The van der Waals surface area contributed by atoms with E-state index in [0.29, 0.717) is 12.1 Å². The average molecular weight is 343 g/mol. The third kappa shape index (κ3) is 4.58. The Morgan fingerprint density at radius 1 is 1.22 bits per heavy atom. The third-order valence-corrected chi connectivity index (χ3v) is 4.64. The van der Waals surface area contributed by atoms with Crippen LogP contribution in [-0.2, 0) is 4.79 Å². The summed E-state index contributed by atoms with van der Waals surface area (Å²) in [5, 5.41) is 2.78. The Bertz CT molecular complexity index is 549. The standard InChI is InChI=1S/C17H23FN2O2.ClH/c18-15-10-13(20-17(21)11-5-6-12(19)9-11)7-8-16(15)22-14-3-1-2-4-14;/h7-8,10-12,14H,1-6,9,19H2,(H,20,21);1H. The summed E-state index contributed by atoms with van der Waals surface area (Å²) >= 11 is 0. The Balaban J connectivity index is 0.00000192. The highest BCUT2D eigenvalue weighted by Gasteiger charge is 2.28. The van der Waals surface area contributed by atoms with E-state index in [2.05, 4.69) is 5.32 Å². The minimum Gasteiger partial charge on any atom is -0.487 e. The largest absolute Gasteiger partial charge is 0.487 e. The first-order chi connectivity index (χ1) is 10.6. The van der Waals surface area contributed by atoms with Crippen LogP contribution in [0.4, 0.5) is 10.1 Å². The van der Waals surface area contributed by atoms with E-state index in [1.54, 1.807) is 12.1 Å². The zero-order chi connectivity index (χ0) is 15.5. The number of hydrogen-bond donors (Lipinski definition) is 2. The van der Waals surface area contributed by atoms with Gasteiger partial charge in [-0.05, 0) is 57.1 Å². The average Bonchev–Trinajstić information content (AvgIpc) is 3.13. The van der Waals surface area contributed by atoms with Gasteiger partial charge in [-0.2, -0.15) is 0 Å². The van der Waals surface area contributed by atoms with Crippen LogP contribution in [0.2, 0.25) is 0 Å². The van der Waals surface area contributed by atoms with E-state index in [-0.39, 0.29) is 42.1 Å². The monoisotopic (exact) mass is 342 g/mol. The fourth-order valence-corrected chi connectivity index (χ4v) is 3.36. The summed E-state index contributed by atoms with van der Waals surface area (Å²) in [5.74, 6) is -0.287. The first-order valence-corrected chi connectivity index (χ1v) is 8.14. The molecule has 2 saturated carbocycles. The van der Waals surface area contributed by atoms with Crippen molar-refractivity contribution in [3.05, 3.63) is 24.0 Å².